The van der Waals surface area contributed by atoms with E-state index >= 15 is 0 Å². The van der Waals surface area contributed by atoms with Gasteiger partial charge in [-0.05, 0) is 69.7 Å². The molecule has 0 saturated carbocycles. The Balaban J connectivity index is 1.89. The molecule has 2 aliphatic rings. The Morgan fingerprint density at radius 3 is 2.69 bits per heavy atom. The SMILES string of the molecule is COc1cc(C2=CC3CCCC(C2)N3C(=O)OC(C)(C)C)ccc1C#N. The van der Waals surface area contributed by atoms with Crippen LogP contribution in [-0.4, -0.2) is 35.8 Å². The zero-order valence-corrected chi connectivity index (χ0v) is 15.9. The summed E-state index contributed by atoms with van der Waals surface area (Å²) in [7, 11) is 1.58. The lowest BCUT2D eigenvalue weighted by atomic mass is 9.83. The Morgan fingerprint density at radius 1 is 1.31 bits per heavy atom. The van der Waals surface area contributed by atoms with Gasteiger partial charge < -0.3 is 9.47 Å². The molecule has 2 unspecified atom stereocenters. The molecule has 0 spiro atoms. The van der Waals surface area contributed by atoms with Crippen molar-refractivity contribution in [2.75, 3.05) is 7.11 Å². The van der Waals surface area contributed by atoms with E-state index in [0.717, 1.165) is 31.2 Å². The Morgan fingerprint density at radius 2 is 2.08 bits per heavy atom. The summed E-state index contributed by atoms with van der Waals surface area (Å²) in [6, 6.07) is 8.05. The third-order valence-electron chi connectivity index (χ3n) is 4.93. The number of fused-ring (bicyclic) bond motifs is 2. The highest BCUT2D eigenvalue weighted by Crippen LogP contribution is 2.38. The zero-order valence-electron chi connectivity index (χ0n) is 15.9. The molecule has 5 heteroatoms. The Labute approximate surface area is 155 Å². The van der Waals surface area contributed by atoms with Crippen LogP contribution in [0.4, 0.5) is 4.79 Å². The Kier molecular flexibility index (Phi) is 4.95. The number of carbonyl (C=O) groups excluding carboxylic acids is 1. The molecule has 1 aromatic carbocycles. The summed E-state index contributed by atoms with van der Waals surface area (Å²) in [5, 5.41) is 9.17. The Hall–Kier alpha value is -2.48. The van der Waals surface area contributed by atoms with Crippen LogP contribution < -0.4 is 4.74 Å². The van der Waals surface area contributed by atoms with Gasteiger partial charge in [-0.2, -0.15) is 5.26 Å². The summed E-state index contributed by atoms with van der Waals surface area (Å²) in [5.41, 5.74) is 2.31. The van der Waals surface area contributed by atoms with Crippen LogP contribution in [0.25, 0.3) is 5.57 Å². The van der Waals surface area contributed by atoms with Crippen molar-refractivity contribution in [1.82, 2.24) is 4.90 Å². The topological polar surface area (TPSA) is 62.6 Å². The highest BCUT2D eigenvalue weighted by molar-refractivity contribution is 5.75. The molecule has 0 aromatic heterocycles. The number of hydrogen-bond donors (Lipinski definition) is 0. The van der Waals surface area contributed by atoms with Gasteiger partial charge in [-0.1, -0.05) is 12.1 Å². The number of rotatable bonds is 2. The van der Waals surface area contributed by atoms with E-state index in [-0.39, 0.29) is 18.2 Å². The van der Waals surface area contributed by atoms with Gasteiger partial charge >= 0.3 is 6.09 Å². The number of carbonyl (C=O) groups is 1. The normalized spacial score (nSPS) is 22.3. The lowest BCUT2D eigenvalue weighted by Crippen LogP contribution is -2.53. The van der Waals surface area contributed by atoms with Crippen molar-refractivity contribution in [2.45, 2.75) is 64.1 Å². The molecule has 0 radical (unpaired) electrons. The lowest BCUT2D eigenvalue weighted by molar-refractivity contribution is 0.0000831. The quantitative estimate of drug-likeness (QED) is 0.784. The maximum absolute atomic E-state index is 12.7. The molecule has 5 nitrogen and oxygen atoms in total. The molecule has 1 aromatic rings. The summed E-state index contributed by atoms with van der Waals surface area (Å²) in [5.74, 6) is 0.589. The molecule has 2 bridgehead atoms. The molecule has 0 aliphatic carbocycles. The fourth-order valence-electron chi connectivity index (χ4n) is 3.83. The monoisotopic (exact) mass is 354 g/mol. The number of hydrogen-bond acceptors (Lipinski definition) is 4. The van der Waals surface area contributed by atoms with E-state index in [2.05, 4.69) is 12.1 Å². The van der Waals surface area contributed by atoms with Crippen LogP contribution in [0.2, 0.25) is 0 Å². The van der Waals surface area contributed by atoms with Gasteiger partial charge in [-0.25, -0.2) is 4.79 Å². The molecule has 2 heterocycles. The van der Waals surface area contributed by atoms with E-state index < -0.39 is 5.60 Å². The average Bonchev–Trinajstić information content (AvgIpc) is 2.58. The number of amides is 1. The van der Waals surface area contributed by atoms with Crippen LogP contribution in [0.5, 0.6) is 5.75 Å². The smallest absolute Gasteiger partial charge is 0.411 e. The number of piperidine rings is 1. The van der Waals surface area contributed by atoms with E-state index in [9.17, 15) is 4.79 Å². The van der Waals surface area contributed by atoms with Gasteiger partial charge in [-0.3, -0.25) is 4.90 Å². The first kappa shape index (κ1) is 18.3. The number of nitrogens with zero attached hydrogens (tertiary/aromatic N) is 2. The summed E-state index contributed by atoms with van der Waals surface area (Å²) < 4.78 is 11.0. The molecule has 1 amide bonds. The second-order valence-electron chi connectivity index (χ2n) is 7.96. The van der Waals surface area contributed by atoms with E-state index in [0.29, 0.717) is 11.3 Å². The largest absolute Gasteiger partial charge is 0.495 e. The first-order valence-corrected chi connectivity index (χ1v) is 9.13. The third-order valence-corrected chi connectivity index (χ3v) is 4.93. The zero-order chi connectivity index (χ0) is 18.9. The second-order valence-corrected chi connectivity index (χ2v) is 7.96. The molecule has 26 heavy (non-hydrogen) atoms. The van der Waals surface area contributed by atoms with Crippen molar-refractivity contribution in [1.29, 1.82) is 5.26 Å². The molecule has 2 aliphatic heterocycles. The average molecular weight is 354 g/mol. The fourth-order valence-corrected chi connectivity index (χ4v) is 3.83. The number of benzene rings is 1. The van der Waals surface area contributed by atoms with Crippen LogP contribution in [-0.2, 0) is 4.74 Å². The van der Waals surface area contributed by atoms with Crippen molar-refractivity contribution < 1.29 is 14.3 Å². The van der Waals surface area contributed by atoms with E-state index in [1.54, 1.807) is 13.2 Å². The van der Waals surface area contributed by atoms with Crippen LogP contribution in [0.15, 0.2) is 24.3 Å². The molecule has 138 valence electrons. The summed E-state index contributed by atoms with van der Waals surface area (Å²) in [6.07, 6.45) is 5.81. The van der Waals surface area contributed by atoms with Gasteiger partial charge in [0, 0.05) is 6.04 Å². The van der Waals surface area contributed by atoms with Gasteiger partial charge in [-0.15, -0.1) is 0 Å². The second kappa shape index (κ2) is 7.03. The van der Waals surface area contributed by atoms with E-state index in [1.807, 2.05) is 37.8 Å². The van der Waals surface area contributed by atoms with Crippen molar-refractivity contribution >= 4 is 11.7 Å². The fraction of sp³-hybridized carbons (Fsp3) is 0.524. The van der Waals surface area contributed by atoms with Gasteiger partial charge in [0.25, 0.3) is 0 Å². The van der Waals surface area contributed by atoms with Gasteiger partial charge in [0.15, 0.2) is 0 Å². The van der Waals surface area contributed by atoms with Crippen molar-refractivity contribution in [3.63, 3.8) is 0 Å². The Bertz CT molecular complexity index is 770. The number of nitriles is 1. The first-order valence-electron chi connectivity index (χ1n) is 9.13. The number of methoxy groups -OCH3 is 1. The minimum absolute atomic E-state index is 0.0639. The highest BCUT2D eigenvalue weighted by atomic mass is 16.6. The first-order chi connectivity index (χ1) is 12.3. The van der Waals surface area contributed by atoms with E-state index in [1.165, 1.54) is 5.57 Å². The van der Waals surface area contributed by atoms with Crippen LogP contribution in [0.1, 0.15) is 57.6 Å². The van der Waals surface area contributed by atoms with Crippen LogP contribution >= 0.6 is 0 Å². The molecule has 2 atom stereocenters. The van der Waals surface area contributed by atoms with Crippen molar-refractivity contribution in [3.8, 4) is 11.8 Å². The minimum atomic E-state index is -0.490. The summed E-state index contributed by atoms with van der Waals surface area (Å²) in [6.45, 7) is 5.69. The lowest BCUT2D eigenvalue weighted by Gasteiger charge is -2.45. The van der Waals surface area contributed by atoms with Gasteiger partial charge in [0.1, 0.15) is 17.4 Å². The van der Waals surface area contributed by atoms with Crippen LogP contribution in [0.3, 0.4) is 0 Å². The predicted octanol–water partition coefficient (Wildman–Crippen LogP) is 4.51. The van der Waals surface area contributed by atoms with Gasteiger partial charge in [0.2, 0.25) is 0 Å². The molecule has 1 fully saturated rings. The van der Waals surface area contributed by atoms with Crippen molar-refractivity contribution in [2.24, 2.45) is 0 Å². The maximum Gasteiger partial charge on any atom is 0.411 e. The van der Waals surface area contributed by atoms with Crippen LogP contribution in [0, 0.1) is 11.3 Å². The molecular formula is C21H26N2O3. The molecular weight excluding hydrogens is 328 g/mol. The minimum Gasteiger partial charge on any atom is -0.495 e. The summed E-state index contributed by atoms with van der Waals surface area (Å²) >= 11 is 0. The summed E-state index contributed by atoms with van der Waals surface area (Å²) in [4.78, 5) is 14.6. The molecule has 0 N–H and O–H groups in total. The standard InChI is InChI=1S/C21H26N2O3/c1-21(2,3)26-20(24)23-17-6-5-7-18(23)11-16(10-17)14-8-9-15(13-22)19(12-14)25-4/h8-10,12,17-18H,5-7,11H2,1-4H3. The molecule has 1 saturated heterocycles. The van der Waals surface area contributed by atoms with Gasteiger partial charge in [0.05, 0.1) is 18.7 Å². The highest BCUT2D eigenvalue weighted by Gasteiger charge is 2.39. The van der Waals surface area contributed by atoms with E-state index in [4.69, 9.17) is 14.7 Å². The molecule has 3 rings (SSSR count). The number of ether oxygens (including phenoxy) is 2. The maximum atomic E-state index is 12.7. The van der Waals surface area contributed by atoms with Crippen molar-refractivity contribution in [3.05, 3.63) is 35.4 Å². The predicted molar refractivity (Wildman–Crippen MR) is 99.8 cm³/mol. The third kappa shape index (κ3) is 3.70.